The van der Waals surface area contributed by atoms with Gasteiger partial charge in [0, 0.05) is 49.1 Å². The summed E-state index contributed by atoms with van der Waals surface area (Å²) < 4.78 is 10.8. The van der Waals surface area contributed by atoms with Crippen LogP contribution in [-0.4, -0.2) is 39.6 Å². The minimum atomic E-state index is -0.453. The van der Waals surface area contributed by atoms with Gasteiger partial charge in [0.25, 0.3) is 0 Å². The van der Waals surface area contributed by atoms with E-state index in [4.69, 9.17) is 9.47 Å². The third-order valence-corrected chi connectivity index (χ3v) is 6.63. The van der Waals surface area contributed by atoms with Gasteiger partial charge in [-0.15, -0.1) is 0 Å². The van der Waals surface area contributed by atoms with Gasteiger partial charge in [0.15, 0.2) is 5.78 Å². The summed E-state index contributed by atoms with van der Waals surface area (Å²) in [6.07, 6.45) is 1.07. The van der Waals surface area contributed by atoms with Crippen molar-refractivity contribution < 1.29 is 19.1 Å². The van der Waals surface area contributed by atoms with Crippen LogP contribution in [0.5, 0.6) is 5.75 Å². The van der Waals surface area contributed by atoms with E-state index in [2.05, 4.69) is 5.32 Å². The number of ether oxygens (including phenoxy) is 2. The molecule has 1 heterocycles. The number of nitrogens with zero attached hydrogens (tertiary/aromatic N) is 1. The molecular weight excluding hydrogens is 428 g/mol. The number of hydrogen-bond donors (Lipinski definition) is 1. The molecule has 178 valence electrons. The Morgan fingerprint density at radius 1 is 1.09 bits per heavy atom. The van der Waals surface area contributed by atoms with Crippen LogP contribution in [0.1, 0.15) is 49.7 Å². The highest BCUT2D eigenvalue weighted by molar-refractivity contribution is 6.04. The molecule has 2 aromatic carbocycles. The van der Waals surface area contributed by atoms with Crippen LogP contribution in [0.3, 0.4) is 0 Å². The number of nitrogens with one attached hydrogen (secondary N) is 1. The Morgan fingerprint density at radius 3 is 2.47 bits per heavy atom. The smallest absolute Gasteiger partial charge is 0.336 e. The molecule has 6 heteroatoms. The molecule has 2 unspecified atom stereocenters. The van der Waals surface area contributed by atoms with Crippen molar-refractivity contribution in [1.29, 1.82) is 0 Å². The number of rotatable bonds is 6. The van der Waals surface area contributed by atoms with Crippen molar-refractivity contribution in [3.63, 3.8) is 0 Å². The summed E-state index contributed by atoms with van der Waals surface area (Å²) in [5.41, 5.74) is 5.84. The Kier molecular flexibility index (Phi) is 6.77. The lowest BCUT2D eigenvalue weighted by Gasteiger charge is -2.36. The van der Waals surface area contributed by atoms with Crippen LogP contribution in [0.15, 0.2) is 71.1 Å². The molecule has 1 aliphatic carbocycles. The molecular formula is C28H32N2O4. The van der Waals surface area contributed by atoms with Crippen LogP contribution in [0, 0.1) is 0 Å². The Bertz CT molecular complexity index is 1160. The van der Waals surface area contributed by atoms with Gasteiger partial charge >= 0.3 is 5.97 Å². The van der Waals surface area contributed by atoms with Crippen LogP contribution in [0.4, 0.5) is 5.69 Å². The van der Waals surface area contributed by atoms with Gasteiger partial charge < -0.3 is 19.7 Å². The number of methoxy groups -OCH3 is 1. The van der Waals surface area contributed by atoms with Gasteiger partial charge in [0.1, 0.15) is 5.75 Å². The maximum absolute atomic E-state index is 13.6. The Balaban J connectivity index is 1.78. The maximum atomic E-state index is 13.6. The predicted octanol–water partition coefficient (Wildman–Crippen LogP) is 4.69. The molecule has 0 amide bonds. The lowest BCUT2D eigenvalue weighted by molar-refractivity contribution is -0.138. The fourth-order valence-corrected chi connectivity index (χ4v) is 4.95. The van der Waals surface area contributed by atoms with Crippen LogP contribution >= 0.6 is 0 Å². The van der Waals surface area contributed by atoms with E-state index < -0.39 is 5.92 Å². The number of carbonyl (C=O) groups excluding carboxylic acids is 2. The molecule has 34 heavy (non-hydrogen) atoms. The van der Waals surface area contributed by atoms with E-state index in [9.17, 15) is 9.59 Å². The number of hydrogen-bond acceptors (Lipinski definition) is 6. The molecule has 2 atom stereocenters. The zero-order chi connectivity index (χ0) is 24.4. The quantitative estimate of drug-likeness (QED) is 0.631. The van der Waals surface area contributed by atoms with Gasteiger partial charge in [0.05, 0.1) is 19.3 Å². The molecule has 0 radical (unpaired) electrons. The third-order valence-electron chi connectivity index (χ3n) is 6.63. The molecule has 1 aliphatic heterocycles. The molecule has 0 spiro atoms. The second-order valence-corrected chi connectivity index (χ2v) is 9.00. The van der Waals surface area contributed by atoms with Crippen LogP contribution < -0.4 is 15.0 Å². The van der Waals surface area contributed by atoms with E-state index in [0.29, 0.717) is 24.0 Å². The third kappa shape index (κ3) is 4.45. The SMILES string of the molecule is CCOC(=O)C1=C(C)NC2=C(C(=O)CC(c3cccc(OC)c3)C2)C1c1ccc(N(C)C)cc1. The van der Waals surface area contributed by atoms with Crippen molar-refractivity contribution in [2.45, 2.75) is 38.5 Å². The molecule has 0 saturated carbocycles. The molecule has 0 bridgehead atoms. The van der Waals surface area contributed by atoms with Gasteiger partial charge in [-0.3, -0.25) is 4.79 Å². The summed E-state index contributed by atoms with van der Waals surface area (Å²) in [7, 11) is 5.61. The molecule has 4 rings (SSSR count). The van der Waals surface area contributed by atoms with E-state index in [1.165, 1.54) is 0 Å². The van der Waals surface area contributed by atoms with E-state index in [0.717, 1.165) is 34.0 Å². The van der Waals surface area contributed by atoms with Gasteiger partial charge in [-0.05, 0) is 61.6 Å². The lowest BCUT2D eigenvalue weighted by atomic mass is 9.71. The number of carbonyl (C=O) groups is 2. The van der Waals surface area contributed by atoms with Crippen LogP contribution in [-0.2, 0) is 14.3 Å². The summed E-state index contributed by atoms with van der Waals surface area (Å²) in [5, 5.41) is 3.39. The number of Topliss-reactive ketones (excluding diaryl/α,β-unsaturated/α-hetero) is 1. The molecule has 0 fully saturated rings. The first-order valence-electron chi connectivity index (χ1n) is 11.7. The van der Waals surface area contributed by atoms with Crippen molar-refractivity contribution >= 4 is 17.4 Å². The fourth-order valence-electron chi connectivity index (χ4n) is 4.95. The number of allylic oxidation sites excluding steroid dienone is 3. The first-order chi connectivity index (χ1) is 16.3. The van der Waals surface area contributed by atoms with Crippen molar-refractivity contribution in [1.82, 2.24) is 5.32 Å². The largest absolute Gasteiger partial charge is 0.497 e. The van der Waals surface area contributed by atoms with Gasteiger partial charge in [-0.2, -0.15) is 0 Å². The maximum Gasteiger partial charge on any atom is 0.336 e. The van der Waals surface area contributed by atoms with E-state index in [-0.39, 0.29) is 24.3 Å². The summed E-state index contributed by atoms with van der Waals surface area (Å²) >= 11 is 0. The Morgan fingerprint density at radius 2 is 1.82 bits per heavy atom. The topological polar surface area (TPSA) is 67.9 Å². The van der Waals surface area contributed by atoms with Crippen molar-refractivity contribution in [3.8, 4) is 5.75 Å². The van der Waals surface area contributed by atoms with Crippen molar-refractivity contribution in [2.24, 2.45) is 0 Å². The zero-order valence-electron chi connectivity index (χ0n) is 20.5. The number of benzene rings is 2. The fraction of sp³-hybridized carbons (Fsp3) is 0.357. The predicted molar refractivity (Wildman–Crippen MR) is 133 cm³/mol. The number of esters is 1. The van der Waals surface area contributed by atoms with Crippen molar-refractivity contribution in [2.75, 3.05) is 32.7 Å². The second kappa shape index (κ2) is 9.75. The van der Waals surface area contributed by atoms with E-state index >= 15 is 0 Å². The van der Waals surface area contributed by atoms with E-state index in [1.54, 1.807) is 14.0 Å². The normalized spacial score (nSPS) is 20.0. The zero-order valence-corrected chi connectivity index (χ0v) is 20.5. The summed E-state index contributed by atoms with van der Waals surface area (Å²) in [4.78, 5) is 28.7. The monoisotopic (exact) mass is 460 g/mol. The summed E-state index contributed by atoms with van der Waals surface area (Å²) in [5.74, 6) is 0.0368. The number of anilines is 1. The Hall–Kier alpha value is -3.54. The molecule has 6 nitrogen and oxygen atoms in total. The Labute approximate surface area is 201 Å². The average molecular weight is 461 g/mol. The van der Waals surface area contributed by atoms with Crippen molar-refractivity contribution in [3.05, 3.63) is 82.2 Å². The number of dihydropyridines is 1. The standard InChI is InChI=1S/C28H32N2O4/c1-6-34-28(32)25-17(2)29-23-15-20(19-8-7-9-22(14-19)33-5)16-24(31)27(23)26(25)18-10-12-21(13-11-18)30(3)4/h7-14,20,26,29H,6,15-16H2,1-5H3. The van der Waals surface area contributed by atoms with Gasteiger partial charge in [0.2, 0.25) is 0 Å². The highest BCUT2D eigenvalue weighted by atomic mass is 16.5. The highest BCUT2D eigenvalue weighted by Crippen LogP contribution is 2.46. The minimum absolute atomic E-state index is 0.0440. The molecule has 2 aliphatic rings. The molecule has 2 aromatic rings. The number of ketones is 1. The van der Waals surface area contributed by atoms with Crippen LogP contribution in [0.25, 0.3) is 0 Å². The second-order valence-electron chi connectivity index (χ2n) is 9.00. The van der Waals surface area contributed by atoms with Gasteiger partial charge in [-0.25, -0.2) is 4.79 Å². The summed E-state index contributed by atoms with van der Waals surface area (Å²) in [6, 6.07) is 15.9. The summed E-state index contributed by atoms with van der Waals surface area (Å²) in [6.45, 7) is 3.96. The molecule has 1 N–H and O–H groups in total. The van der Waals surface area contributed by atoms with Crippen LogP contribution in [0.2, 0.25) is 0 Å². The minimum Gasteiger partial charge on any atom is -0.497 e. The van der Waals surface area contributed by atoms with E-state index in [1.807, 2.05) is 74.4 Å². The average Bonchev–Trinajstić information content (AvgIpc) is 2.83. The first kappa shape index (κ1) is 23.6. The first-order valence-corrected chi connectivity index (χ1v) is 11.7. The molecule has 0 saturated heterocycles. The highest BCUT2D eigenvalue weighted by Gasteiger charge is 2.41. The lowest BCUT2D eigenvalue weighted by Crippen LogP contribution is -2.36. The van der Waals surface area contributed by atoms with Gasteiger partial charge in [-0.1, -0.05) is 24.3 Å². The molecule has 0 aromatic heterocycles.